The lowest BCUT2D eigenvalue weighted by molar-refractivity contribution is -0.578. The average molecular weight is 200 g/mol. The summed E-state index contributed by atoms with van der Waals surface area (Å²) >= 11 is 0. The van der Waals surface area contributed by atoms with Crippen LogP contribution in [0.15, 0.2) is 0 Å². The molecule has 2 heterocycles. The number of ether oxygens (including phenoxy) is 1. The number of nitrogens with zero attached hydrogens (tertiary/aromatic N) is 2. The minimum absolute atomic E-state index is 0.0721. The maximum Gasteiger partial charge on any atom is 0.236 e. The summed E-state index contributed by atoms with van der Waals surface area (Å²) in [5.41, 5.74) is -0.761. The number of morpholine rings is 1. The van der Waals surface area contributed by atoms with E-state index in [9.17, 15) is 10.1 Å². The Hall–Kier alpha value is -0.680. The zero-order chi connectivity index (χ0) is 10.2. The van der Waals surface area contributed by atoms with Crippen molar-refractivity contribution < 1.29 is 9.66 Å². The van der Waals surface area contributed by atoms with Crippen molar-refractivity contribution >= 4 is 0 Å². The van der Waals surface area contributed by atoms with Gasteiger partial charge in [-0.15, -0.1) is 0 Å². The molecule has 0 aromatic heterocycles. The first kappa shape index (κ1) is 9.86. The van der Waals surface area contributed by atoms with Crippen molar-refractivity contribution in [2.24, 2.45) is 0 Å². The van der Waals surface area contributed by atoms with Crippen molar-refractivity contribution in [2.45, 2.75) is 31.4 Å². The zero-order valence-electron chi connectivity index (χ0n) is 8.44. The van der Waals surface area contributed by atoms with Crippen LogP contribution in [-0.4, -0.2) is 47.7 Å². The number of nitro groups is 1. The molecule has 3 atom stereocenters. The molecule has 2 bridgehead atoms. The van der Waals surface area contributed by atoms with Gasteiger partial charge in [-0.1, -0.05) is 6.92 Å². The van der Waals surface area contributed by atoms with Gasteiger partial charge in [0.2, 0.25) is 5.54 Å². The Balaban J connectivity index is 2.16. The van der Waals surface area contributed by atoms with Crippen LogP contribution in [-0.2, 0) is 4.74 Å². The van der Waals surface area contributed by atoms with Crippen molar-refractivity contribution in [2.75, 3.05) is 26.2 Å². The molecular formula is C9H16N2O3. The molecule has 0 aromatic rings. The molecule has 14 heavy (non-hydrogen) atoms. The fourth-order valence-electron chi connectivity index (χ4n) is 2.47. The lowest BCUT2D eigenvalue weighted by Crippen LogP contribution is -2.60. The quantitative estimate of drug-likeness (QED) is 0.481. The van der Waals surface area contributed by atoms with Crippen LogP contribution < -0.4 is 0 Å². The standard InChI is InChI=1S/C9H16N2O3/c1-2-9(11(12)13)5-8-6-10(7-9)3-4-14-8/h8H,2-7H2,1H3. The normalized spacial score (nSPS) is 42.1. The van der Waals surface area contributed by atoms with Gasteiger partial charge in [0.25, 0.3) is 0 Å². The molecular weight excluding hydrogens is 184 g/mol. The van der Waals surface area contributed by atoms with Crippen molar-refractivity contribution in [1.82, 2.24) is 4.90 Å². The minimum Gasteiger partial charge on any atom is -0.375 e. The number of rotatable bonds is 2. The van der Waals surface area contributed by atoms with Crippen LogP contribution in [0.4, 0.5) is 0 Å². The van der Waals surface area contributed by atoms with Gasteiger partial charge in [-0.25, -0.2) is 0 Å². The monoisotopic (exact) mass is 200 g/mol. The Bertz CT molecular complexity index is 232. The molecule has 5 nitrogen and oxygen atoms in total. The summed E-state index contributed by atoms with van der Waals surface area (Å²) in [7, 11) is 0. The number of hydrogen-bond donors (Lipinski definition) is 0. The highest BCUT2D eigenvalue weighted by molar-refractivity contribution is 4.93. The summed E-state index contributed by atoms with van der Waals surface area (Å²) in [5.74, 6) is 0. The van der Waals surface area contributed by atoms with Gasteiger partial charge in [0.15, 0.2) is 0 Å². The van der Waals surface area contributed by atoms with Crippen LogP contribution in [0.1, 0.15) is 19.8 Å². The molecule has 5 heteroatoms. The number of hydrogen-bond acceptors (Lipinski definition) is 4. The van der Waals surface area contributed by atoms with Crippen LogP contribution in [0.5, 0.6) is 0 Å². The van der Waals surface area contributed by atoms with Crippen LogP contribution in [0, 0.1) is 10.1 Å². The average Bonchev–Trinajstić information content (AvgIpc) is 2.16. The Morgan fingerprint density at radius 3 is 3.07 bits per heavy atom. The van der Waals surface area contributed by atoms with E-state index in [-0.39, 0.29) is 11.0 Å². The van der Waals surface area contributed by atoms with Gasteiger partial charge >= 0.3 is 0 Å². The fourth-order valence-corrected chi connectivity index (χ4v) is 2.47. The highest BCUT2D eigenvalue weighted by Crippen LogP contribution is 2.30. The molecule has 0 aliphatic carbocycles. The Morgan fingerprint density at radius 2 is 2.50 bits per heavy atom. The Labute approximate surface area is 83.2 Å². The van der Waals surface area contributed by atoms with E-state index in [1.165, 1.54) is 0 Å². The molecule has 0 saturated carbocycles. The van der Waals surface area contributed by atoms with Crippen LogP contribution >= 0.6 is 0 Å². The van der Waals surface area contributed by atoms with Gasteiger partial charge in [0, 0.05) is 30.9 Å². The maximum atomic E-state index is 11.1. The Morgan fingerprint density at radius 1 is 1.71 bits per heavy atom. The molecule has 80 valence electrons. The predicted octanol–water partition coefficient (Wildman–Crippen LogP) is 0.516. The van der Waals surface area contributed by atoms with Gasteiger partial charge in [-0.3, -0.25) is 15.0 Å². The van der Waals surface area contributed by atoms with E-state index in [1.807, 2.05) is 6.92 Å². The van der Waals surface area contributed by atoms with Gasteiger partial charge in [-0.2, -0.15) is 0 Å². The fraction of sp³-hybridized carbons (Fsp3) is 1.00. The SMILES string of the molecule is CCC1([N+](=O)[O-])CC2CN(CCO2)C1. The van der Waals surface area contributed by atoms with Crippen molar-refractivity contribution in [3.8, 4) is 0 Å². The summed E-state index contributed by atoms with van der Waals surface area (Å²) in [4.78, 5) is 13.1. The topological polar surface area (TPSA) is 55.6 Å². The molecule has 0 spiro atoms. The number of piperidine rings is 1. The lowest BCUT2D eigenvalue weighted by atomic mass is 9.85. The van der Waals surface area contributed by atoms with Crippen LogP contribution in [0.3, 0.4) is 0 Å². The summed E-state index contributed by atoms with van der Waals surface area (Å²) in [5, 5.41) is 11.1. The second-order valence-corrected chi connectivity index (χ2v) is 4.27. The van der Waals surface area contributed by atoms with Crippen molar-refractivity contribution in [3.05, 3.63) is 10.1 Å². The van der Waals surface area contributed by atoms with E-state index < -0.39 is 5.54 Å². The first-order valence-electron chi connectivity index (χ1n) is 5.15. The second-order valence-electron chi connectivity index (χ2n) is 4.27. The van der Waals surface area contributed by atoms with Crippen LogP contribution in [0.25, 0.3) is 0 Å². The molecule has 0 amide bonds. The molecule has 2 fully saturated rings. The Kier molecular flexibility index (Phi) is 2.45. The molecule has 3 unspecified atom stereocenters. The lowest BCUT2D eigenvalue weighted by Gasteiger charge is -2.43. The van der Waals surface area contributed by atoms with E-state index in [0.29, 0.717) is 19.4 Å². The van der Waals surface area contributed by atoms with Gasteiger partial charge in [0.05, 0.1) is 19.3 Å². The van der Waals surface area contributed by atoms with E-state index in [2.05, 4.69) is 4.90 Å². The summed E-state index contributed by atoms with van der Waals surface area (Å²) in [6, 6.07) is 0. The first-order chi connectivity index (χ1) is 6.66. The van der Waals surface area contributed by atoms with E-state index in [0.717, 1.165) is 19.7 Å². The molecule has 2 rings (SSSR count). The molecule has 0 radical (unpaired) electrons. The maximum absolute atomic E-state index is 11.1. The summed E-state index contributed by atoms with van der Waals surface area (Å²) in [6.45, 7) is 4.92. The smallest absolute Gasteiger partial charge is 0.236 e. The minimum atomic E-state index is -0.761. The van der Waals surface area contributed by atoms with E-state index >= 15 is 0 Å². The first-order valence-corrected chi connectivity index (χ1v) is 5.15. The summed E-state index contributed by atoms with van der Waals surface area (Å²) in [6.07, 6.45) is 1.24. The highest BCUT2D eigenvalue weighted by atomic mass is 16.6. The third-order valence-electron chi connectivity index (χ3n) is 3.39. The largest absolute Gasteiger partial charge is 0.375 e. The van der Waals surface area contributed by atoms with Crippen molar-refractivity contribution in [1.29, 1.82) is 0 Å². The zero-order valence-corrected chi connectivity index (χ0v) is 8.44. The second kappa shape index (κ2) is 3.47. The van der Waals surface area contributed by atoms with Gasteiger partial charge in [0.1, 0.15) is 0 Å². The summed E-state index contributed by atoms with van der Waals surface area (Å²) < 4.78 is 5.51. The predicted molar refractivity (Wildman–Crippen MR) is 50.8 cm³/mol. The molecule has 0 aromatic carbocycles. The highest BCUT2D eigenvalue weighted by Gasteiger charge is 2.49. The van der Waals surface area contributed by atoms with Gasteiger partial charge in [-0.05, 0) is 0 Å². The van der Waals surface area contributed by atoms with E-state index in [4.69, 9.17) is 4.74 Å². The third-order valence-corrected chi connectivity index (χ3v) is 3.39. The number of fused-ring (bicyclic) bond motifs is 2. The molecule has 2 saturated heterocycles. The van der Waals surface area contributed by atoms with Crippen molar-refractivity contribution in [3.63, 3.8) is 0 Å². The van der Waals surface area contributed by atoms with Gasteiger partial charge < -0.3 is 4.74 Å². The molecule has 2 aliphatic heterocycles. The molecule has 0 N–H and O–H groups in total. The van der Waals surface area contributed by atoms with E-state index in [1.54, 1.807) is 0 Å². The third kappa shape index (κ3) is 1.50. The van der Waals surface area contributed by atoms with Crippen LogP contribution in [0.2, 0.25) is 0 Å². The molecule has 2 aliphatic rings.